The van der Waals surface area contributed by atoms with Crippen LogP contribution < -0.4 is 0 Å². The first kappa shape index (κ1) is 26.5. The second-order valence-electron chi connectivity index (χ2n) is 16.3. The van der Waals surface area contributed by atoms with Crippen LogP contribution in [-0.4, -0.2) is 4.98 Å². The van der Waals surface area contributed by atoms with Crippen molar-refractivity contribution in [3.05, 3.63) is 127 Å². The van der Waals surface area contributed by atoms with Crippen LogP contribution in [0, 0.1) is 41.4 Å². The van der Waals surface area contributed by atoms with Crippen LogP contribution in [0.15, 0.2) is 121 Å². The van der Waals surface area contributed by atoms with Crippen LogP contribution in [-0.2, 0) is 5.41 Å². The molecule has 0 radical (unpaired) electrons. The summed E-state index contributed by atoms with van der Waals surface area (Å²) in [6, 6.07) is 45.6. The fourth-order valence-electron chi connectivity index (χ4n) is 13.2. The van der Waals surface area contributed by atoms with Crippen LogP contribution in [0.25, 0.3) is 66.7 Å². The highest BCUT2D eigenvalue weighted by Gasteiger charge is 2.70. The summed E-state index contributed by atoms with van der Waals surface area (Å²) >= 11 is 0. The average molecular weight is 618 g/mol. The van der Waals surface area contributed by atoms with Crippen molar-refractivity contribution in [2.75, 3.05) is 0 Å². The second-order valence-corrected chi connectivity index (χ2v) is 16.3. The van der Waals surface area contributed by atoms with E-state index in [9.17, 15) is 0 Å². The maximum Gasteiger partial charge on any atom is 0.0787 e. The monoisotopic (exact) mass is 617 g/mol. The third kappa shape index (κ3) is 3.31. The first-order chi connectivity index (χ1) is 23.7. The van der Waals surface area contributed by atoms with Gasteiger partial charge in [0.05, 0.1) is 11.4 Å². The van der Waals surface area contributed by atoms with E-state index >= 15 is 0 Å². The van der Waals surface area contributed by atoms with Gasteiger partial charge in [0.15, 0.2) is 0 Å². The maximum atomic E-state index is 5.51. The molecule has 1 heterocycles. The Morgan fingerprint density at radius 1 is 0.458 bits per heavy atom. The summed E-state index contributed by atoms with van der Waals surface area (Å²) < 4.78 is 0. The van der Waals surface area contributed by atoms with Crippen molar-refractivity contribution in [3.8, 4) is 55.9 Å². The SMILES string of the molecule is c1ccc(-c2nc(-c3ccc4c5c(cccc35)-c3ccccc3-4)ccc2-c2ccc(C34CC5CC6C7CC(CC63)CC4C7C5)cc2)cc1. The Kier molecular flexibility index (Phi) is 5.15. The van der Waals surface area contributed by atoms with Crippen molar-refractivity contribution >= 4 is 10.8 Å². The zero-order valence-corrected chi connectivity index (χ0v) is 27.3. The van der Waals surface area contributed by atoms with Crippen molar-refractivity contribution in [2.45, 2.75) is 43.9 Å². The standard InChI is InChI=1S/C47H39N/c1-2-7-30(8-3-1)46-32(19-20-44(48-46)35-17-18-38-34-10-5-4-9-33(34)36-11-6-12-37(35)45(36)38)29-13-15-31(16-14-29)47-26-28-22-40-39-21-27(24-42(40)47)25-43(47)41(39)23-28/h1-20,27-28,39-43H,21-26H2. The van der Waals surface area contributed by atoms with E-state index in [1.807, 2.05) is 0 Å². The van der Waals surface area contributed by atoms with Gasteiger partial charge in [0.2, 0.25) is 0 Å². The van der Waals surface area contributed by atoms with Crippen LogP contribution in [0.1, 0.15) is 44.1 Å². The topological polar surface area (TPSA) is 12.9 Å². The highest BCUT2D eigenvalue weighted by molar-refractivity contribution is 6.18. The van der Waals surface area contributed by atoms with Gasteiger partial charge in [0, 0.05) is 22.1 Å². The van der Waals surface area contributed by atoms with Crippen molar-refractivity contribution in [1.82, 2.24) is 4.98 Å². The van der Waals surface area contributed by atoms with Gasteiger partial charge in [-0.3, -0.25) is 0 Å². The molecule has 232 valence electrons. The smallest absolute Gasteiger partial charge is 0.0787 e. The molecule has 0 spiro atoms. The Labute approximate surface area is 283 Å². The molecule has 5 aromatic carbocycles. The zero-order chi connectivity index (χ0) is 31.1. The van der Waals surface area contributed by atoms with Gasteiger partial charge in [-0.15, -0.1) is 0 Å². The molecule has 8 aliphatic rings. The van der Waals surface area contributed by atoms with Gasteiger partial charge in [-0.25, -0.2) is 4.98 Å². The number of pyridine rings is 1. The maximum absolute atomic E-state index is 5.51. The lowest BCUT2D eigenvalue weighted by molar-refractivity contribution is -0.220. The lowest BCUT2D eigenvalue weighted by Gasteiger charge is -2.74. The molecule has 4 atom stereocenters. The number of nitrogens with zero attached hydrogens (tertiary/aromatic N) is 1. The molecule has 1 heteroatoms. The molecule has 4 unspecified atom stereocenters. The summed E-state index contributed by atoms with van der Waals surface area (Å²) in [4.78, 5) is 5.51. The van der Waals surface area contributed by atoms with Gasteiger partial charge in [-0.1, -0.05) is 115 Å². The van der Waals surface area contributed by atoms with Gasteiger partial charge in [0.1, 0.15) is 0 Å². The van der Waals surface area contributed by atoms with Crippen molar-refractivity contribution in [3.63, 3.8) is 0 Å². The van der Waals surface area contributed by atoms with Crippen LogP contribution in [0.3, 0.4) is 0 Å². The molecule has 14 rings (SSSR count). The molecule has 1 nitrogen and oxygen atoms in total. The number of hydrogen-bond acceptors (Lipinski definition) is 1. The van der Waals surface area contributed by atoms with Crippen LogP contribution >= 0.6 is 0 Å². The molecule has 1 aromatic heterocycles. The summed E-state index contributed by atoms with van der Waals surface area (Å²) in [5, 5.41) is 2.63. The Hall–Kier alpha value is -4.49. The summed E-state index contributed by atoms with van der Waals surface area (Å²) in [5.74, 6) is 6.94. The van der Waals surface area contributed by atoms with E-state index in [0.29, 0.717) is 5.41 Å². The fourth-order valence-corrected chi connectivity index (χ4v) is 13.2. The summed E-state index contributed by atoms with van der Waals surface area (Å²) in [6.45, 7) is 0. The summed E-state index contributed by atoms with van der Waals surface area (Å²) in [7, 11) is 0. The van der Waals surface area contributed by atoms with Gasteiger partial charge in [-0.05, 0) is 130 Å². The number of fused-ring (bicyclic) bond motifs is 3. The molecular weight excluding hydrogens is 579 g/mol. The van der Waals surface area contributed by atoms with Crippen LogP contribution in [0.2, 0.25) is 0 Å². The number of hydrogen-bond donors (Lipinski definition) is 0. The number of aromatic nitrogens is 1. The molecule has 48 heavy (non-hydrogen) atoms. The molecule has 0 aliphatic heterocycles. The van der Waals surface area contributed by atoms with E-state index in [-0.39, 0.29) is 0 Å². The Balaban J connectivity index is 0.976. The minimum atomic E-state index is 0.447. The molecular formula is C47H39N. The Bertz CT molecular complexity index is 2240. The largest absolute Gasteiger partial charge is 0.247 e. The first-order valence-electron chi connectivity index (χ1n) is 18.6. The molecule has 0 saturated heterocycles. The van der Waals surface area contributed by atoms with Crippen molar-refractivity contribution < 1.29 is 0 Å². The average Bonchev–Trinajstić information content (AvgIpc) is 3.48. The number of rotatable bonds is 4. The Morgan fingerprint density at radius 3 is 1.88 bits per heavy atom. The Morgan fingerprint density at radius 2 is 1.10 bits per heavy atom. The first-order valence-corrected chi connectivity index (χ1v) is 18.6. The van der Waals surface area contributed by atoms with Gasteiger partial charge < -0.3 is 0 Å². The molecule has 8 bridgehead atoms. The highest BCUT2D eigenvalue weighted by Crippen LogP contribution is 2.76. The molecule has 7 fully saturated rings. The van der Waals surface area contributed by atoms with Gasteiger partial charge in [0.25, 0.3) is 0 Å². The lowest BCUT2D eigenvalue weighted by atomic mass is 9.30. The van der Waals surface area contributed by atoms with E-state index < -0.39 is 0 Å². The van der Waals surface area contributed by atoms with Crippen molar-refractivity contribution in [2.24, 2.45) is 41.4 Å². The molecule has 8 aliphatic carbocycles. The van der Waals surface area contributed by atoms with Gasteiger partial charge >= 0.3 is 0 Å². The predicted molar refractivity (Wildman–Crippen MR) is 196 cm³/mol. The normalized spacial score (nSPS) is 31.1. The molecule has 7 saturated carbocycles. The minimum absolute atomic E-state index is 0.447. The summed E-state index contributed by atoms with van der Waals surface area (Å²) in [5.41, 5.74) is 14.4. The van der Waals surface area contributed by atoms with Crippen molar-refractivity contribution in [1.29, 1.82) is 0 Å². The zero-order valence-electron chi connectivity index (χ0n) is 27.3. The molecule has 0 N–H and O–H groups in total. The fraction of sp³-hybridized carbons (Fsp3) is 0.298. The van der Waals surface area contributed by atoms with E-state index in [1.165, 1.54) is 87.4 Å². The van der Waals surface area contributed by atoms with E-state index in [2.05, 4.69) is 121 Å². The van der Waals surface area contributed by atoms with E-state index in [1.54, 1.807) is 12.0 Å². The third-order valence-corrected chi connectivity index (χ3v) is 14.6. The van der Waals surface area contributed by atoms with E-state index in [4.69, 9.17) is 4.98 Å². The van der Waals surface area contributed by atoms with E-state index in [0.717, 1.165) is 52.8 Å². The second kappa shape index (κ2) is 9.35. The minimum Gasteiger partial charge on any atom is -0.247 e. The predicted octanol–water partition coefficient (Wildman–Crippen LogP) is 11.8. The summed E-state index contributed by atoms with van der Waals surface area (Å²) in [6.07, 6.45) is 9.10. The quantitative estimate of drug-likeness (QED) is 0.191. The lowest BCUT2D eigenvalue weighted by Crippen LogP contribution is -2.69. The van der Waals surface area contributed by atoms with Crippen LogP contribution in [0.4, 0.5) is 0 Å². The van der Waals surface area contributed by atoms with Gasteiger partial charge in [-0.2, -0.15) is 0 Å². The highest BCUT2D eigenvalue weighted by atomic mass is 14.7. The molecule has 0 amide bonds. The molecule has 6 aromatic rings. The number of benzene rings is 5. The van der Waals surface area contributed by atoms with Crippen LogP contribution in [0.5, 0.6) is 0 Å². The third-order valence-electron chi connectivity index (χ3n) is 14.6.